The van der Waals surface area contributed by atoms with Crippen molar-refractivity contribution in [2.75, 3.05) is 26.2 Å². The summed E-state index contributed by atoms with van der Waals surface area (Å²) in [6.07, 6.45) is -7.91. The van der Waals surface area contributed by atoms with Gasteiger partial charge in [-0.15, -0.1) is 0 Å². The van der Waals surface area contributed by atoms with Crippen molar-refractivity contribution in [2.45, 2.75) is 25.3 Å². The van der Waals surface area contributed by atoms with Crippen molar-refractivity contribution in [2.24, 2.45) is 5.92 Å². The van der Waals surface area contributed by atoms with Crippen LogP contribution in [0.25, 0.3) is 0 Å². The molecule has 23 heavy (non-hydrogen) atoms. The molecule has 0 saturated carbocycles. The molecule has 2 rings (SSSR count). The Bertz CT molecular complexity index is 511. The smallest absolute Gasteiger partial charge is 0.312 e. The van der Waals surface area contributed by atoms with Crippen LogP contribution in [0.3, 0.4) is 0 Å². The summed E-state index contributed by atoms with van der Waals surface area (Å²) in [4.78, 5) is 1.36. The fraction of sp³-hybridized carbons (Fsp3) is 0.600. The van der Waals surface area contributed by atoms with Crippen molar-refractivity contribution in [3.8, 4) is 0 Å². The number of benzene rings is 1. The van der Waals surface area contributed by atoms with Gasteiger partial charge in [-0.05, 0) is 37.1 Å². The minimum absolute atomic E-state index is 0.0862. The summed E-state index contributed by atoms with van der Waals surface area (Å²) in [5, 5.41) is 3.03. The molecule has 0 radical (unpaired) electrons. The van der Waals surface area contributed by atoms with Crippen LogP contribution in [0.1, 0.15) is 17.5 Å². The zero-order valence-electron chi connectivity index (χ0n) is 12.3. The molecular weight excluding hydrogens is 322 g/mol. The van der Waals surface area contributed by atoms with Gasteiger partial charge >= 0.3 is 12.4 Å². The second-order valence-corrected chi connectivity index (χ2v) is 5.83. The maximum Gasteiger partial charge on any atom is 0.416 e. The molecule has 130 valence electrons. The van der Waals surface area contributed by atoms with Gasteiger partial charge in [0.15, 0.2) is 0 Å². The Kier molecular flexibility index (Phi) is 5.57. The Morgan fingerprint density at radius 3 is 2.52 bits per heavy atom. The van der Waals surface area contributed by atoms with Gasteiger partial charge in [0.1, 0.15) is 0 Å². The fourth-order valence-corrected chi connectivity index (χ4v) is 2.75. The van der Waals surface area contributed by atoms with Crippen molar-refractivity contribution in [1.29, 1.82) is 0 Å². The quantitative estimate of drug-likeness (QED) is 0.823. The van der Waals surface area contributed by atoms with E-state index in [9.17, 15) is 26.3 Å². The van der Waals surface area contributed by atoms with Gasteiger partial charge in [-0.3, -0.25) is 4.90 Å². The molecule has 1 aliphatic rings. The van der Waals surface area contributed by atoms with Gasteiger partial charge in [-0.25, -0.2) is 0 Å². The van der Waals surface area contributed by atoms with E-state index < -0.39 is 24.5 Å². The summed E-state index contributed by atoms with van der Waals surface area (Å²) in [7, 11) is 0. The predicted octanol–water partition coefficient (Wildman–Crippen LogP) is 3.68. The molecule has 1 heterocycles. The molecule has 1 saturated heterocycles. The minimum Gasteiger partial charge on any atom is -0.312 e. The summed E-state index contributed by atoms with van der Waals surface area (Å²) < 4.78 is 74.7. The monoisotopic (exact) mass is 340 g/mol. The Balaban J connectivity index is 1.76. The first-order chi connectivity index (χ1) is 10.6. The number of nitrogens with one attached hydrogen (secondary N) is 1. The van der Waals surface area contributed by atoms with Gasteiger partial charge in [0.25, 0.3) is 0 Å². The number of rotatable bonds is 5. The Morgan fingerprint density at radius 1 is 1.13 bits per heavy atom. The van der Waals surface area contributed by atoms with Gasteiger partial charge in [0.05, 0.1) is 12.1 Å². The summed E-state index contributed by atoms with van der Waals surface area (Å²) in [5.41, 5.74) is -0.195. The summed E-state index contributed by atoms with van der Waals surface area (Å²) in [6.45, 7) is 0.603. The van der Waals surface area contributed by atoms with Gasteiger partial charge in [-0.2, -0.15) is 26.3 Å². The highest BCUT2D eigenvalue weighted by Crippen LogP contribution is 2.29. The SMILES string of the molecule is FC(F)(F)CN1CCC(CNCc2cccc(C(F)(F)F)c2)C1. The lowest BCUT2D eigenvalue weighted by Crippen LogP contribution is -2.33. The number of hydrogen-bond donors (Lipinski definition) is 1. The Labute approximate surface area is 130 Å². The van der Waals surface area contributed by atoms with E-state index in [1.807, 2.05) is 0 Å². The topological polar surface area (TPSA) is 15.3 Å². The lowest BCUT2D eigenvalue weighted by atomic mass is 10.1. The highest BCUT2D eigenvalue weighted by Gasteiger charge is 2.34. The van der Waals surface area contributed by atoms with Crippen molar-refractivity contribution < 1.29 is 26.3 Å². The van der Waals surface area contributed by atoms with Crippen molar-refractivity contribution in [3.05, 3.63) is 35.4 Å². The van der Waals surface area contributed by atoms with Crippen LogP contribution in [-0.2, 0) is 12.7 Å². The molecule has 2 nitrogen and oxygen atoms in total. The summed E-state index contributed by atoms with van der Waals surface area (Å²) in [5.74, 6) is 0.0862. The lowest BCUT2D eigenvalue weighted by molar-refractivity contribution is -0.143. The van der Waals surface area contributed by atoms with E-state index in [1.54, 1.807) is 6.07 Å². The number of likely N-dealkylation sites (tertiary alicyclic amines) is 1. The number of nitrogens with zero attached hydrogens (tertiary/aromatic N) is 1. The minimum atomic E-state index is -4.38. The van der Waals surface area contributed by atoms with E-state index in [0.29, 0.717) is 31.6 Å². The van der Waals surface area contributed by atoms with E-state index in [-0.39, 0.29) is 12.5 Å². The summed E-state index contributed by atoms with van der Waals surface area (Å²) in [6, 6.07) is 5.03. The van der Waals surface area contributed by atoms with Gasteiger partial charge in [0, 0.05) is 13.1 Å². The fourth-order valence-electron chi connectivity index (χ4n) is 2.75. The number of halogens is 6. The second kappa shape index (κ2) is 7.09. The molecule has 1 fully saturated rings. The Hall–Kier alpha value is -1.28. The van der Waals surface area contributed by atoms with E-state index in [2.05, 4.69) is 5.32 Å². The zero-order chi connectivity index (χ0) is 17.1. The van der Waals surface area contributed by atoms with Crippen LogP contribution in [0.5, 0.6) is 0 Å². The molecule has 1 unspecified atom stereocenters. The first kappa shape index (κ1) is 18.1. The molecule has 1 N–H and O–H groups in total. The van der Waals surface area contributed by atoms with Crippen LogP contribution in [0, 0.1) is 5.92 Å². The normalized spacial score (nSPS) is 20.2. The number of hydrogen-bond acceptors (Lipinski definition) is 2. The van der Waals surface area contributed by atoms with Gasteiger partial charge in [-0.1, -0.05) is 18.2 Å². The first-order valence-corrected chi connectivity index (χ1v) is 7.29. The molecule has 1 aromatic rings. The molecule has 0 bridgehead atoms. The van der Waals surface area contributed by atoms with Crippen molar-refractivity contribution in [1.82, 2.24) is 10.2 Å². The predicted molar refractivity (Wildman–Crippen MR) is 73.8 cm³/mol. The standard InChI is InChI=1S/C15H18F6N2/c16-14(17,18)10-23-5-4-12(9-23)8-22-7-11-2-1-3-13(6-11)15(19,20)21/h1-3,6,12,22H,4-5,7-10H2. The second-order valence-electron chi connectivity index (χ2n) is 5.83. The van der Waals surface area contributed by atoms with Crippen LogP contribution >= 0.6 is 0 Å². The molecule has 1 aromatic carbocycles. The first-order valence-electron chi connectivity index (χ1n) is 7.29. The average Bonchev–Trinajstić information content (AvgIpc) is 2.83. The van der Waals surface area contributed by atoms with Crippen LogP contribution in [0.15, 0.2) is 24.3 Å². The lowest BCUT2D eigenvalue weighted by Gasteiger charge is -2.18. The van der Waals surface area contributed by atoms with Crippen LogP contribution in [0.4, 0.5) is 26.3 Å². The molecule has 8 heteroatoms. The van der Waals surface area contributed by atoms with Crippen molar-refractivity contribution in [3.63, 3.8) is 0 Å². The molecule has 0 aliphatic carbocycles. The van der Waals surface area contributed by atoms with E-state index in [4.69, 9.17) is 0 Å². The van der Waals surface area contributed by atoms with Crippen molar-refractivity contribution >= 4 is 0 Å². The van der Waals surface area contributed by atoms with Gasteiger partial charge in [0.2, 0.25) is 0 Å². The van der Waals surface area contributed by atoms with E-state index in [1.165, 1.54) is 11.0 Å². The van der Waals surface area contributed by atoms with Gasteiger partial charge < -0.3 is 5.32 Å². The molecule has 1 atom stereocenters. The third kappa shape index (κ3) is 6.02. The molecule has 0 aromatic heterocycles. The third-order valence-corrected chi connectivity index (χ3v) is 3.79. The highest BCUT2D eigenvalue weighted by atomic mass is 19.4. The van der Waals surface area contributed by atoms with E-state index >= 15 is 0 Å². The van der Waals surface area contributed by atoms with Crippen LogP contribution in [0.2, 0.25) is 0 Å². The van der Waals surface area contributed by atoms with Crippen LogP contribution < -0.4 is 5.32 Å². The average molecular weight is 340 g/mol. The third-order valence-electron chi connectivity index (χ3n) is 3.79. The largest absolute Gasteiger partial charge is 0.416 e. The number of alkyl halides is 6. The molecular formula is C15H18F6N2. The maximum absolute atomic E-state index is 12.6. The zero-order valence-corrected chi connectivity index (χ0v) is 12.3. The molecule has 1 aliphatic heterocycles. The molecule has 0 amide bonds. The molecule has 0 spiro atoms. The Morgan fingerprint density at radius 2 is 1.87 bits per heavy atom. The summed E-state index contributed by atoms with van der Waals surface area (Å²) >= 11 is 0. The maximum atomic E-state index is 12.6. The van der Waals surface area contributed by atoms with Crippen LogP contribution in [-0.4, -0.2) is 37.3 Å². The van der Waals surface area contributed by atoms with E-state index in [0.717, 1.165) is 12.1 Å². The highest BCUT2D eigenvalue weighted by molar-refractivity contribution is 5.25.